The lowest BCUT2D eigenvalue weighted by Gasteiger charge is -2.16. The van der Waals surface area contributed by atoms with Gasteiger partial charge in [-0.25, -0.2) is 15.0 Å². The molecule has 0 N–H and O–H groups in total. The van der Waals surface area contributed by atoms with Crippen molar-refractivity contribution in [2.24, 2.45) is 0 Å². The molecule has 10 aromatic rings. The van der Waals surface area contributed by atoms with Crippen molar-refractivity contribution >= 4 is 32.6 Å². The molecule has 4 heteroatoms. The van der Waals surface area contributed by atoms with Crippen molar-refractivity contribution in [1.82, 2.24) is 19.5 Å². The number of benzene rings is 8. The highest BCUT2D eigenvalue weighted by atomic mass is 15.0. The molecular formula is C49H32N4. The normalized spacial score (nSPS) is 11.4. The van der Waals surface area contributed by atoms with Gasteiger partial charge in [0.15, 0.2) is 17.5 Å². The summed E-state index contributed by atoms with van der Waals surface area (Å²) in [4.78, 5) is 15.6. The van der Waals surface area contributed by atoms with Crippen molar-refractivity contribution in [1.29, 1.82) is 0 Å². The summed E-state index contributed by atoms with van der Waals surface area (Å²) in [5.74, 6) is 1.87. The Bertz CT molecular complexity index is 2890. The highest BCUT2D eigenvalue weighted by Gasteiger charge is 2.19. The van der Waals surface area contributed by atoms with Gasteiger partial charge in [-0.3, -0.25) is 0 Å². The van der Waals surface area contributed by atoms with Gasteiger partial charge in [-0.15, -0.1) is 0 Å². The first-order valence-electron chi connectivity index (χ1n) is 17.9. The fourth-order valence-corrected chi connectivity index (χ4v) is 7.46. The molecule has 0 fully saturated rings. The van der Waals surface area contributed by atoms with E-state index in [9.17, 15) is 0 Å². The van der Waals surface area contributed by atoms with Crippen LogP contribution in [-0.4, -0.2) is 19.5 Å². The summed E-state index contributed by atoms with van der Waals surface area (Å²) >= 11 is 0. The Hall–Kier alpha value is -7.17. The molecule has 0 amide bonds. The summed E-state index contributed by atoms with van der Waals surface area (Å²) in [6, 6.07) is 68.1. The first-order valence-corrected chi connectivity index (χ1v) is 17.9. The minimum atomic E-state index is 0.616. The van der Waals surface area contributed by atoms with Crippen LogP contribution in [0.5, 0.6) is 0 Å². The minimum absolute atomic E-state index is 0.616. The maximum Gasteiger partial charge on any atom is 0.164 e. The van der Waals surface area contributed by atoms with Crippen LogP contribution in [0, 0.1) is 0 Å². The van der Waals surface area contributed by atoms with E-state index in [4.69, 9.17) is 15.0 Å². The average molecular weight is 677 g/mol. The summed E-state index contributed by atoms with van der Waals surface area (Å²) in [6.45, 7) is 0. The van der Waals surface area contributed by atoms with Gasteiger partial charge in [0.25, 0.3) is 0 Å². The number of para-hydroxylation sites is 2. The number of hydrogen-bond donors (Lipinski definition) is 0. The third-order valence-corrected chi connectivity index (χ3v) is 10.0. The van der Waals surface area contributed by atoms with E-state index in [1.807, 2.05) is 6.07 Å². The van der Waals surface area contributed by atoms with E-state index in [-0.39, 0.29) is 0 Å². The van der Waals surface area contributed by atoms with Crippen molar-refractivity contribution in [3.05, 3.63) is 194 Å². The number of fused-ring (bicyclic) bond motifs is 4. The summed E-state index contributed by atoms with van der Waals surface area (Å²) in [5.41, 5.74) is 10.7. The van der Waals surface area contributed by atoms with Gasteiger partial charge in [0.1, 0.15) is 0 Å². The largest absolute Gasteiger partial charge is 0.309 e. The predicted octanol–water partition coefficient (Wildman–Crippen LogP) is 12.5. The van der Waals surface area contributed by atoms with Gasteiger partial charge in [-0.1, -0.05) is 164 Å². The van der Waals surface area contributed by atoms with Crippen LogP contribution in [0.4, 0.5) is 0 Å². The fourth-order valence-electron chi connectivity index (χ4n) is 7.46. The van der Waals surface area contributed by atoms with Crippen LogP contribution >= 0.6 is 0 Å². The molecule has 0 bridgehead atoms. The van der Waals surface area contributed by atoms with E-state index in [1.165, 1.54) is 16.2 Å². The number of rotatable bonds is 6. The van der Waals surface area contributed by atoms with Crippen LogP contribution in [0.1, 0.15) is 0 Å². The zero-order chi connectivity index (χ0) is 35.1. The molecule has 0 radical (unpaired) electrons. The number of aromatic nitrogens is 4. The Kier molecular flexibility index (Phi) is 7.43. The van der Waals surface area contributed by atoms with Gasteiger partial charge in [-0.05, 0) is 57.8 Å². The van der Waals surface area contributed by atoms with Gasteiger partial charge >= 0.3 is 0 Å². The van der Waals surface area contributed by atoms with Crippen molar-refractivity contribution in [2.45, 2.75) is 0 Å². The Morgan fingerprint density at radius 1 is 0.302 bits per heavy atom. The molecule has 2 heterocycles. The van der Waals surface area contributed by atoms with Gasteiger partial charge in [0, 0.05) is 33.0 Å². The summed E-state index contributed by atoms with van der Waals surface area (Å²) < 4.78 is 2.38. The second kappa shape index (κ2) is 12.9. The average Bonchev–Trinajstić information content (AvgIpc) is 3.58. The topological polar surface area (TPSA) is 43.6 Å². The van der Waals surface area contributed by atoms with Gasteiger partial charge in [-0.2, -0.15) is 0 Å². The molecule has 0 atom stereocenters. The lowest BCUT2D eigenvalue weighted by Crippen LogP contribution is -2.02. The highest BCUT2D eigenvalue weighted by molar-refractivity contribution is 6.09. The maximum absolute atomic E-state index is 5.21. The number of hydrogen-bond acceptors (Lipinski definition) is 3. The molecule has 0 spiro atoms. The van der Waals surface area contributed by atoms with Crippen molar-refractivity contribution in [2.75, 3.05) is 0 Å². The molecule has 0 aliphatic rings. The van der Waals surface area contributed by atoms with Crippen LogP contribution in [-0.2, 0) is 0 Å². The SMILES string of the molecule is c1ccc(-c2cccc(-c3nc(-c4ccc(-c5ccccc5)c(-n5c6ccccc6c6ccccc65)c4)nc(-c4ccc5ccccc5c4)n3)c2)cc1. The highest BCUT2D eigenvalue weighted by Crippen LogP contribution is 2.38. The summed E-state index contributed by atoms with van der Waals surface area (Å²) in [6.07, 6.45) is 0. The minimum Gasteiger partial charge on any atom is -0.309 e. The molecule has 4 nitrogen and oxygen atoms in total. The first-order chi connectivity index (χ1) is 26.3. The molecule has 8 aromatic carbocycles. The van der Waals surface area contributed by atoms with Crippen LogP contribution in [0.25, 0.3) is 94.7 Å². The molecule has 0 saturated carbocycles. The number of nitrogens with zero attached hydrogens (tertiary/aromatic N) is 4. The summed E-state index contributed by atoms with van der Waals surface area (Å²) in [7, 11) is 0. The molecule has 248 valence electrons. The van der Waals surface area contributed by atoms with Gasteiger partial charge in [0.2, 0.25) is 0 Å². The van der Waals surface area contributed by atoms with Crippen molar-refractivity contribution < 1.29 is 0 Å². The summed E-state index contributed by atoms with van der Waals surface area (Å²) in [5, 5.41) is 4.74. The van der Waals surface area contributed by atoms with E-state index in [2.05, 4.69) is 193 Å². The third-order valence-electron chi connectivity index (χ3n) is 10.0. The Balaban J connectivity index is 1.22. The Morgan fingerprint density at radius 2 is 0.792 bits per heavy atom. The van der Waals surface area contributed by atoms with E-state index in [0.717, 1.165) is 61.1 Å². The van der Waals surface area contributed by atoms with Gasteiger partial charge in [0.05, 0.1) is 16.7 Å². The lowest BCUT2D eigenvalue weighted by atomic mass is 10.0. The first kappa shape index (κ1) is 30.6. The second-order valence-corrected chi connectivity index (χ2v) is 13.3. The zero-order valence-electron chi connectivity index (χ0n) is 28.8. The van der Waals surface area contributed by atoms with Crippen molar-refractivity contribution in [3.63, 3.8) is 0 Å². The van der Waals surface area contributed by atoms with Gasteiger partial charge < -0.3 is 4.57 Å². The molecule has 2 aromatic heterocycles. The molecule has 0 unspecified atom stereocenters. The lowest BCUT2D eigenvalue weighted by molar-refractivity contribution is 1.07. The van der Waals surface area contributed by atoms with Crippen LogP contribution < -0.4 is 0 Å². The zero-order valence-corrected chi connectivity index (χ0v) is 28.8. The smallest absolute Gasteiger partial charge is 0.164 e. The molecule has 10 rings (SSSR count). The standard InChI is InChI=1S/C49H32N4/c1-3-14-33(15-4-1)37-20-13-21-38(30-37)47-50-48(39-27-26-34-16-7-8-19-36(34)31-39)52-49(51-47)40-28-29-41(35-17-5-2-6-18-35)46(32-40)53-44-24-11-9-22-42(44)43-23-10-12-25-45(43)53/h1-32H. The molecule has 0 aliphatic heterocycles. The molecule has 0 saturated heterocycles. The predicted molar refractivity (Wildman–Crippen MR) is 219 cm³/mol. The van der Waals surface area contributed by atoms with E-state index >= 15 is 0 Å². The third kappa shape index (κ3) is 5.54. The maximum atomic E-state index is 5.21. The Labute approximate surface area is 307 Å². The van der Waals surface area contributed by atoms with E-state index in [0.29, 0.717) is 17.5 Å². The van der Waals surface area contributed by atoms with Crippen LogP contribution in [0.2, 0.25) is 0 Å². The van der Waals surface area contributed by atoms with E-state index < -0.39 is 0 Å². The molecule has 53 heavy (non-hydrogen) atoms. The van der Waals surface area contributed by atoms with Crippen LogP contribution in [0.15, 0.2) is 194 Å². The second-order valence-electron chi connectivity index (χ2n) is 13.3. The molecule has 0 aliphatic carbocycles. The monoisotopic (exact) mass is 676 g/mol. The Morgan fingerprint density at radius 3 is 1.47 bits per heavy atom. The van der Waals surface area contributed by atoms with Crippen LogP contribution in [0.3, 0.4) is 0 Å². The quantitative estimate of drug-likeness (QED) is 0.176. The fraction of sp³-hybridized carbons (Fsp3) is 0. The van der Waals surface area contributed by atoms with E-state index in [1.54, 1.807) is 0 Å². The molecular weight excluding hydrogens is 645 g/mol. The van der Waals surface area contributed by atoms with Crippen molar-refractivity contribution in [3.8, 4) is 62.1 Å².